The van der Waals surface area contributed by atoms with Crippen LogP contribution in [0.15, 0.2) is 36.4 Å². The number of hydrogen-bond donors (Lipinski definition) is 2. The number of benzene rings is 1. The van der Waals surface area contributed by atoms with E-state index in [0.29, 0.717) is 0 Å². The molecule has 1 aromatic rings. The fourth-order valence-corrected chi connectivity index (χ4v) is 4.62. The molecule has 114 valence electrons. The number of aryl methyl sites for hydroxylation is 1. The lowest BCUT2D eigenvalue weighted by Gasteiger charge is -2.24. The van der Waals surface area contributed by atoms with Crippen molar-refractivity contribution in [2.24, 2.45) is 29.1 Å². The number of carboxylic acid groups (broad SMARTS) is 1. The van der Waals surface area contributed by atoms with Gasteiger partial charge < -0.3 is 10.4 Å². The van der Waals surface area contributed by atoms with E-state index in [1.165, 1.54) is 0 Å². The minimum absolute atomic E-state index is 0.0302. The molecule has 2 N–H and O–H groups in total. The summed E-state index contributed by atoms with van der Waals surface area (Å²) < 4.78 is 0. The monoisotopic (exact) mass is 297 g/mol. The summed E-state index contributed by atoms with van der Waals surface area (Å²) in [4.78, 5) is 24.5. The van der Waals surface area contributed by atoms with Gasteiger partial charge in [-0.05, 0) is 48.6 Å². The van der Waals surface area contributed by atoms with Crippen LogP contribution in [0.5, 0.6) is 0 Å². The quantitative estimate of drug-likeness (QED) is 0.843. The Kier molecular flexibility index (Phi) is 2.74. The van der Waals surface area contributed by atoms with E-state index < -0.39 is 17.8 Å². The molecule has 2 bridgehead atoms. The van der Waals surface area contributed by atoms with Gasteiger partial charge in [-0.15, -0.1) is 0 Å². The van der Waals surface area contributed by atoms with Gasteiger partial charge in [-0.1, -0.05) is 30.4 Å². The number of carbonyl (C=O) groups is 2. The Bertz CT molecular complexity index is 689. The molecule has 0 unspecified atom stereocenters. The van der Waals surface area contributed by atoms with Crippen molar-refractivity contribution < 1.29 is 14.7 Å². The molecule has 3 aliphatic carbocycles. The number of allylic oxidation sites excluding steroid dienone is 2. The highest BCUT2D eigenvalue weighted by atomic mass is 16.4. The summed E-state index contributed by atoms with van der Waals surface area (Å²) in [5.74, 6) is -1.90. The van der Waals surface area contributed by atoms with Crippen molar-refractivity contribution in [2.75, 3.05) is 5.32 Å². The highest BCUT2D eigenvalue weighted by Crippen LogP contribution is 2.72. The van der Waals surface area contributed by atoms with Gasteiger partial charge in [0.15, 0.2) is 0 Å². The van der Waals surface area contributed by atoms with Crippen LogP contribution >= 0.6 is 0 Å². The van der Waals surface area contributed by atoms with E-state index in [4.69, 9.17) is 0 Å². The molecule has 2 fully saturated rings. The van der Waals surface area contributed by atoms with E-state index in [9.17, 15) is 14.7 Å². The Labute approximate surface area is 129 Å². The number of hydrogen-bond acceptors (Lipinski definition) is 2. The maximum atomic E-state index is 12.8. The Hall–Kier alpha value is -2.10. The lowest BCUT2D eigenvalue weighted by atomic mass is 9.82. The predicted octanol–water partition coefficient (Wildman–Crippen LogP) is 2.85. The molecular weight excluding hydrogens is 278 g/mol. The Morgan fingerprint density at radius 1 is 1.14 bits per heavy atom. The summed E-state index contributed by atoms with van der Waals surface area (Å²) in [6.45, 7) is 1.94. The summed E-state index contributed by atoms with van der Waals surface area (Å²) in [7, 11) is 0. The Balaban J connectivity index is 1.64. The van der Waals surface area contributed by atoms with Gasteiger partial charge in [0, 0.05) is 5.69 Å². The summed E-state index contributed by atoms with van der Waals surface area (Å²) in [6, 6.07) is 7.59. The molecule has 22 heavy (non-hydrogen) atoms. The normalized spacial score (nSPS) is 33.1. The Morgan fingerprint density at radius 2 is 1.77 bits per heavy atom. The summed E-state index contributed by atoms with van der Waals surface area (Å²) >= 11 is 0. The van der Waals surface area contributed by atoms with Crippen molar-refractivity contribution in [3.05, 3.63) is 42.0 Å². The number of carboxylic acids is 1. The number of para-hydroxylation sites is 1. The van der Waals surface area contributed by atoms with E-state index >= 15 is 0 Å². The molecule has 3 aliphatic rings. The zero-order valence-corrected chi connectivity index (χ0v) is 12.5. The molecule has 4 rings (SSSR count). The Morgan fingerprint density at radius 3 is 2.36 bits per heavy atom. The summed E-state index contributed by atoms with van der Waals surface area (Å²) in [6.07, 6.45) is 6.22. The second-order valence-corrected chi connectivity index (χ2v) is 6.86. The van der Waals surface area contributed by atoms with Gasteiger partial charge in [-0.2, -0.15) is 0 Å². The number of anilines is 1. The first-order valence-corrected chi connectivity index (χ1v) is 7.82. The first kappa shape index (κ1) is 13.6. The van der Waals surface area contributed by atoms with Crippen LogP contribution in [0.2, 0.25) is 0 Å². The third kappa shape index (κ3) is 1.70. The second kappa shape index (κ2) is 4.45. The van der Waals surface area contributed by atoms with E-state index in [0.717, 1.165) is 24.1 Å². The third-order valence-electron chi connectivity index (χ3n) is 5.83. The number of carbonyl (C=O) groups excluding carboxylic acids is 1. The minimum atomic E-state index is -0.840. The molecule has 4 nitrogen and oxygen atoms in total. The van der Waals surface area contributed by atoms with Crippen molar-refractivity contribution in [3.63, 3.8) is 0 Å². The van der Waals surface area contributed by atoms with Crippen LogP contribution in [0.1, 0.15) is 18.4 Å². The SMILES string of the molecule is Cc1ccccc1NC(=O)[C@@H]1[C@@H](C(=O)O)[C@@H]2C=C[C@H]1C21CC1. The lowest BCUT2D eigenvalue weighted by Crippen LogP contribution is -2.36. The third-order valence-corrected chi connectivity index (χ3v) is 5.83. The van der Waals surface area contributed by atoms with Crippen molar-refractivity contribution in [1.29, 1.82) is 0 Å². The van der Waals surface area contributed by atoms with Crippen molar-refractivity contribution in [3.8, 4) is 0 Å². The van der Waals surface area contributed by atoms with Crippen molar-refractivity contribution in [2.45, 2.75) is 19.8 Å². The van der Waals surface area contributed by atoms with Gasteiger partial charge in [0.25, 0.3) is 0 Å². The average Bonchev–Trinajstić information content (AvgIpc) is 3.15. The molecule has 1 aromatic carbocycles. The lowest BCUT2D eigenvalue weighted by molar-refractivity contribution is -0.146. The summed E-state index contributed by atoms with van der Waals surface area (Å²) in [5.41, 5.74) is 1.83. The molecular formula is C18H19NO3. The smallest absolute Gasteiger partial charge is 0.307 e. The average molecular weight is 297 g/mol. The molecule has 0 aliphatic heterocycles. The van der Waals surface area contributed by atoms with Crippen LogP contribution in [0.4, 0.5) is 5.69 Å². The molecule has 0 saturated heterocycles. The standard InChI is InChI=1S/C18H19NO3/c1-10-4-2-3-5-13(10)19-16(20)14-11-6-7-12(15(14)17(21)22)18(11)8-9-18/h2-7,11-12,14-15H,8-9H2,1H3,(H,19,20)(H,21,22)/t11-,12+,14+,15+/m1/s1. The number of rotatable bonds is 3. The largest absolute Gasteiger partial charge is 0.481 e. The van der Waals surface area contributed by atoms with Crippen LogP contribution in [-0.4, -0.2) is 17.0 Å². The van der Waals surface area contributed by atoms with Gasteiger partial charge in [0.05, 0.1) is 11.8 Å². The molecule has 0 aromatic heterocycles. The minimum Gasteiger partial charge on any atom is -0.481 e. The van der Waals surface area contributed by atoms with Crippen molar-refractivity contribution in [1.82, 2.24) is 0 Å². The van der Waals surface area contributed by atoms with Crippen LogP contribution in [0.3, 0.4) is 0 Å². The predicted molar refractivity (Wildman–Crippen MR) is 82.2 cm³/mol. The molecule has 4 heteroatoms. The van der Waals surface area contributed by atoms with Crippen LogP contribution < -0.4 is 5.32 Å². The molecule has 1 spiro atoms. The maximum Gasteiger partial charge on any atom is 0.307 e. The van der Waals surface area contributed by atoms with E-state index in [2.05, 4.69) is 11.4 Å². The first-order valence-electron chi connectivity index (χ1n) is 7.82. The van der Waals surface area contributed by atoms with Crippen LogP contribution in [-0.2, 0) is 9.59 Å². The van der Waals surface area contributed by atoms with Crippen LogP contribution in [0.25, 0.3) is 0 Å². The van der Waals surface area contributed by atoms with E-state index in [-0.39, 0.29) is 23.2 Å². The molecule has 1 amide bonds. The summed E-state index contributed by atoms with van der Waals surface area (Å²) in [5, 5.41) is 12.6. The van der Waals surface area contributed by atoms with Crippen molar-refractivity contribution >= 4 is 17.6 Å². The molecule has 4 atom stereocenters. The number of aliphatic carboxylic acids is 1. The fraction of sp³-hybridized carbons (Fsp3) is 0.444. The van der Waals surface area contributed by atoms with Gasteiger partial charge in [-0.3, -0.25) is 9.59 Å². The number of nitrogens with one attached hydrogen (secondary N) is 1. The first-order chi connectivity index (χ1) is 10.5. The van der Waals surface area contributed by atoms with Gasteiger partial charge >= 0.3 is 5.97 Å². The van der Waals surface area contributed by atoms with E-state index in [1.807, 2.05) is 37.3 Å². The molecule has 0 heterocycles. The second-order valence-electron chi connectivity index (χ2n) is 6.86. The number of amides is 1. The topological polar surface area (TPSA) is 66.4 Å². The van der Waals surface area contributed by atoms with E-state index in [1.54, 1.807) is 0 Å². The fourth-order valence-electron chi connectivity index (χ4n) is 4.62. The van der Waals surface area contributed by atoms with Gasteiger partial charge in [0.1, 0.15) is 0 Å². The molecule has 2 saturated carbocycles. The molecule has 0 radical (unpaired) electrons. The van der Waals surface area contributed by atoms with Crippen LogP contribution in [0, 0.1) is 36.0 Å². The highest BCUT2D eigenvalue weighted by molar-refractivity contribution is 5.97. The highest BCUT2D eigenvalue weighted by Gasteiger charge is 2.70. The van der Waals surface area contributed by atoms with Gasteiger partial charge in [-0.25, -0.2) is 0 Å². The maximum absolute atomic E-state index is 12.8. The van der Waals surface area contributed by atoms with Gasteiger partial charge in [0.2, 0.25) is 5.91 Å². The zero-order chi connectivity index (χ0) is 15.5. The zero-order valence-electron chi connectivity index (χ0n) is 12.5.